The SMILES string of the molecule is C/C(=N\OC/C=C/c1ccccc1Cl)C(=O)O. The zero-order valence-corrected chi connectivity index (χ0v) is 10.0. The van der Waals surface area contributed by atoms with E-state index in [0.29, 0.717) is 5.02 Å². The molecule has 1 aromatic carbocycles. The zero-order valence-electron chi connectivity index (χ0n) is 9.26. The quantitative estimate of drug-likeness (QED) is 0.499. The third-order valence-electron chi connectivity index (χ3n) is 1.88. The van der Waals surface area contributed by atoms with Crippen LogP contribution < -0.4 is 0 Å². The Kier molecular flexibility index (Phi) is 5.23. The molecule has 0 aliphatic carbocycles. The van der Waals surface area contributed by atoms with Crippen LogP contribution in [0.3, 0.4) is 0 Å². The van der Waals surface area contributed by atoms with Crippen LogP contribution in [0.15, 0.2) is 35.5 Å². The summed E-state index contributed by atoms with van der Waals surface area (Å²) in [6.07, 6.45) is 3.49. The van der Waals surface area contributed by atoms with Crippen molar-refractivity contribution < 1.29 is 14.7 Å². The number of nitrogens with zero attached hydrogens (tertiary/aromatic N) is 1. The van der Waals surface area contributed by atoms with E-state index < -0.39 is 5.97 Å². The number of aliphatic carboxylic acids is 1. The summed E-state index contributed by atoms with van der Waals surface area (Å²) < 4.78 is 0. The van der Waals surface area contributed by atoms with Crippen molar-refractivity contribution in [2.45, 2.75) is 6.92 Å². The van der Waals surface area contributed by atoms with Gasteiger partial charge in [0.1, 0.15) is 6.61 Å². The predicted octanol–water partition coefficient (Wildman–Crippen LogP) is 2.83. The molecule has 0 aliphatic rings. The highest BCUT2D eigenvalue weighted by atomic mass is 35.5. The number of carbonyl (C=O) groups is 1. The minimum Gasteiger partial charge on any atom is -0.477 e. The smallest absolute Gasteiger partial charge is 0.353 e. The van der Waals surface area contributed by atoms with Crippen molar-refractivity contribution >= 4 is 29.4 Å². The first kappa shape index (κ1) is 13.3. The molecule has 90 valence electrons. The van der Waals surface area contributed by atoms with Crippen LogP contribution in [0.5, 0.6) is 0 Å². The normalized spacial score (nSPS) is 11.8. The first-order valence-electron chi connectivity index (χ1n) is 4.92. The topological polar surface area (TPSA) is 58.9 Å². The Morgan fingerprint density at radius 1 is 1.53 bits per heavy atom. The molecule has 0 aliphatic heterocycles. The van der Waals surface area contributed by atoms with E-state index in [4.69, 9.17) is 21.5 Å². The van der Waals surface area contributed by atoms with E-state index >= 15 is 0 Å². The molecule has 5 heteroatoms. The number of carboxylic acids is 1. The van der Waals surface area contributed by atoms with Gasteiger partial charge < -0.3 is 9.94 Å². The van der Waals surface area contributed by atoms with E-state index in [1.807, 2.05) is 18.2 Å². The lowest BCUT2D eigenvalue weighted by Crippen LogP contribution is -2.08. The first-order chi connectivity index (χ1) is 8.11. The summed E-state index contributed by atoms with van der Waals surface area (Å²) in [4.78, 5) is 15.2. The van der Waals surface area contributed by atoms with Gasteiger partial charge in [0.05, 0.1) is 0 Å². The Morgan fingerprint density at radius 3 is 2.88 bits per heavy atom. The van der Waals surface area contributed by atoms with Gasteiger partial charge in [-0.3, -0.25) is 0 Å². The van der Waals surface area contributed by atoms with E-state index in [2.05, 4.69) is 5.16 Å². The summed E-state index contributed by atoms with van der Waals surface area (Å²) in [7, 11) is 0. The first-order valence-corrected chi connectivity index (χ1v) is 5.30. The van der Waals surface area contributed by atoms with Crippen molar-refractivity contribution in [2.24, 2.45) is 5.16 Å². The molecule has 0 heterocycles. The molecular weight excluding hydrogens is 242 g/mol. The van der Waals surface area contributed by atoms with Gasteiger partial charge in [-0.05, 0) is 24.6 Å². The van der Waals surface area contributed by atoms with Crippen LogP contribution in [0.4, 0.5) is 0 Å². The number of rotatable bonds is 5. The van der Waals surface area contributed by atoms with Crippen LogP contribution in [-0.2, 0) is 9.63 Å². The van der Waals surface area contributed by atoms with E-state index in [0.717, 1.165) is 5.56 Å². The highest BCUT2D eigenvalue weighted by molar-refractivity contribution is 6.34. The lowest BCUT2D eigenvalue weighted by molar-refractivity contribution is -0.129. The van der Waals surface area contributed by atoms with Crippen molar-refractivity contribution in [1.82, 2.24) is 0 Å². The Labute approximate surface area is 104 Å². The summed E-state index contributed by atoms with van der Waals surface area (Å²) in [5.41, 5.74) is 0.785. The second-order valence-corrected chi connectivity index (χ2v) is 3.61. The van der Waals surface area contributed by atoms with Crippen molar-refractivity contribution in [3.63, 3.8) is 0 Å². The molecule has 0 spiro atoms. The van der Waals surface area contributed by atoms with Gasteiger partial charge in [-0.25, -0.2) is 4.79 Å². The van der Waals surface area contributed by atoms with Gasteiger partial charge in [0.15, 0.2) is 5.71 Å². The van der Waals surface area contributed by atoms with E-state index in [1.54, 1.807) is 18.2 Å². The molecule has 0 unspecified atom stereocenters. The number of oxime groups is 1. The van der Waals surface area contributed by atoms with Crippen LogP contribution in [0.1, 0.15) is 12.5 Å². The highest BCUT2D eigenvalue weighted by Crippen LogP contribution is 2.15. The Morgan fingerprint density at radius 2 is 2.24 bits per heavy atom. The molecule has 4 nitrogen and oxygen atoms in total. The van der Waals surface area contributed by atoms with E-state index in [1.165, 1.54) is 6.92 Å². The van der Waals surface area contributed by atoms with E-state index in [-0.39, 0.29) is 12.3 Å². The third kappa shape index (κ3) is 4.70. The van der Waals surface area contributed by atoms with Crippen molar-refractivity contribution in [3.8, 4) is 0 Å². The monoisotopic (exact) mass is 253 g/mol. The molecule has 0 aromatic heterocycles. The second kappa shape index (κ2) is 6.70. The Balaban J connectivity index is 2.45. The second-order valence-electron chi connectivity index (χ2n) is 3.20. The molecular formula is C12H12ClNO3. The minimum absolute atomic E-state index is 0.0869. The fourth-order valence-corrected chi connectivity index (χ4v) is 1.20. The molecule has 0 bridgehead atoms. The number of halogens is 1. The maximum absolute atomic E-state index is 10.4. The van der Waals surface area contributed by atoms with Crippen LogP contribution >= 0.6 is 11.6 Å². The minimum atomic E-state index is -1.10. The van der Waals surface area contributed by atoms with Gasteiger partial charge >= 0.3 is 5.97 Å². The van der Waals surface area contributed by atoms with Crippen LogP contribution in [-0.4, -0.2) is 23.4 Å². The number of benzene rings is 1. The lowest BCUT2D eigenvalue weighted by Gasteiger charge is -1.97. The largest absolute Gasteiger partial charge is 0.477 e. The van der Waals surface area contributed by atoms with Crippen molar-refractivity contribution in [2.75, 3.05) is 6.61 Å². The molecule has 1 rings (SSSR count). The molecule has 0 saturated carbocycles. The molecule has 1 aromatic rings. The summed E-state index contributed by atoms with van der Waals surface area (Å²) >= 11 is 5.93. The van der Waals surface area contributed by atoms with E-state index in [9.17, 15) is 4.79 Å². The van der Waals surface area contributed by atoms with Crippen LogP contribution in [0, 0.1) is 0 Å². The van der Waals surface area contributed by atoms with Gasteiger partial charge in [0.2, 0.25) is 0 Å². The van der Waals surface area contributed by atoms with Crippen LogP contribution in [0.25, 0.3) is 6.08 Å². The Hall–Kier alpha value is -1.81. The number of hydrogen-bond donors (Lipinski definition) is 1. The Bertz CT molecular complexity index is 455. The van der Waals surface area contributed by atoms with Gasteiger partial charge in [-0.15, -0.1) is 0 Å². The molecule has 0 saturated heterocycles. The maximum Gasteiger partial charge on any atom is 0.353 e. The predicted molar refractivity (Wildman–Crippen MR) is 67.2 cm³/mol. The molecule has 0 radical (unpaired) electrons. The summed E-state index contributed by atoms with van der Waals surface area (Å²) in [5.74, 6) is -1.10. The molecule has 17 heavy (non-hydrogen) atoms. The van der Waals surface area contributed by atoms with Gasteiger partial charge in [-0.2, -0.15) is 0 Å². The molecule has 0 amide bonds. The molecule has 1 N–H and O–H groups in total. The van der Waals surface area contributed by atoms with Crippen LogP contribution in [0.2, 0.25) is 5.02 Å². The average Bonchev–Trinajstić information content (AvgIpc) is 2.30. The highest BCUT2D eigenvalue weighted by Gasteiger charge is 2.00. The fraction of sp³-hybridized carbons (Fsp3) is 0.167. The van der Waals surface area contributed by atoms with Crippen molar-refractivity contribution in [3.05, 3.63) is 40.9 Å². The summed E-state index contributed by atoms with van der Waals surface area (Å²) in [6.45, 7) is 1.55. The molecule has 0 atom stereocenters. The zero-order chi connectivity index (χ0) is 12.7. The van der Waals surface area contributed by atoms with Gasteiger partial charge in [0.25, 0.3) is 0 Å². The lowest BCUT2D eigenvalue weighted by atomic mass is 10.2. The van der Waals surface area contributed by atoms with Gasteiger partial charge in [-0.1, -0.05) is 41.0 Å². The number of hydrogen-bond acceptors (Lipinski definition) is 3. The average molecular weight is 254 g/mol. The standard InChI is InChI=1S/C12H12ClNO3/c1-9(12(15)16)14-17-8-4-6-10-5-2-3-7-11(10)13/h2-7H,8H2,1H3,(H,15,16)/b6-4+,14-9+. The maximum atomic E-state index is 10.4. The third-order valence-corrected chi connectivity index (χ3v) is 2.23. The molecule has 0 fully saturated rings. The van der Waals surface area contributed by atoms with Crippen molar-refractivity contribution in [1.29, 1.82) is 0 Å². The van der Waals surface area contributed by atoms with Gasteiger partial charge in [0, 0.05) is 5.02 Å². The number of carboxylic acid groups (broad SMARTS) is 1. The summed E-state index contributed by atoms with van der Waals surface area (Å²) in [5, 5.41) is 12.6. The summed E-state index contributed by atoms with van der Waals surface area (Å²) in [6, 6.07) is 7.37. The fourth-order valence-electron chi connectivity index (χ4n) is 1.00.